The molecule has 0 bridgehead atoms. The highest BCUT2D eigenvalue weighted by atomic mass is 14.9. The van der Waals surface area contributed by atoms with E-state index in [2.05, 4.69) is 41.5 Å². The quantitative estimate of drug-likeness (QED) is 0.610. The molecule has 0 aromatic rings. The summed E-state index contributed by atoms with van der Waals surface area (Å²) in [5.41, 5.74) is 2.36. The second kappa shape index (κ2) is 7.75. The first kappa shape index (κ1) is 17.7. The van der Waals surface area contributed by atoms with Crippen LogP contribution in [0.2, 0.25) is 0 Å². The third-order valence-corrected chi connectivity index (χ3v) is 6.02. The normalized spacial score (nSPS) is 41.5. The number of aliphatic imine (C=N–C) groups is 2. The van der Waals surface area contributed by atoms with Crippen LogP contribution in [0.25, 0.3) is 0 Å². The van der Waals surface area contributed by atoms with E-state index in [4.69, 9.17) is 9.98 Å². The third kappa shape index (κ3) is 4.67. The average molecular weight is 305 g/mol. The van der Waals surface area contributed by atoms with Gasteiger partial charge in [-0.25, -0.2) is 0 Å². The molecule has 2 heteroatoms. The van der Waals surface area contributed by atoms with Crippen LogP contribution in [0.3, 0.4) is 0 Å². The number of rotatable bonds is 3. The number of hydrogen-bond donors (Lipinski definition) is 0. The van der Waals surface area contributed by atoms with Gasteiger partial charge in [0.2, 0.25) is 0 Å². The molecule has 0 amide bonds. The fourth-order valence-electron chi connectivity index (χ4n) is 4.37. The molecule has 2 aliphatic rings. The average Bonchev–Trinajstić information content (AvgIpc) is 2.44. The zero-order valence-electron chi connectivity index (χ0n) is 15.6. The summed E-state index contributed by atoms with van der Waals surface area (Å²) in [6, 6.07) is 1.04. The minimum absolute atomic E-state index is 0.519. The molecule has 6 atom stereocenters. The molecule has 0 aromatic carbocycles. The summed E-state index contributed by atoms with van der Waals surface area (Å²) in [4.78, 5) is 10.1. The fraction of sp³-hybridized carbons (Fsp3) is 0.900. The largest absolute Gasteiger partial charge is 0.285 e. The zero-order chi connectivity index (χ0) is 16.3. The van der Waals surface area contributed by atoms with Gasteiger partial charge in [0, 0.05) is 0 Å². The van der Waals surface area contributed by atoms with E-state index in [9.17, 15) is 0 Å². The number of hydrogen-bond acceptors (Lipinski definition) is 2. The second-order valence-electron chi connectivity index (χ2n) is 8.35. The summed E-state index contributed by atoms with van der Waals surface area (Å²) < 4.78 is 0. The van der Waals surface area contributed by atoms with Gasteiger partial charge in [-0.1, -0.05) is 27.7 Å². The van der Waals surface area contributed by atoms with Gasteiger partial charge in [0.05, 0.1) is 23.5 Å². The standard InChI is InChI=1S/C20H36N2/c1-13-7-9-19(15(3)11-13)21-17(5)18(6)22-20-10-8-14(2)12-16(20)4/h13-16,19-20H,7-12H2,1-6H3. The van der Waals surface area contributed by atoms with E-state index in [0.29, 0.717) is 12.1 Å². The highest BCUT2D eigenvalue weighted by Gasteiger charge is 2.26. The Morgan fingerprint density at radius 3 is 1.32 bits per heavy atom. The lowest BCUT2D eigenvalue weighted by molar-refractivity contribution is 0.264. The molecule has 22 heavy (non-hydrogen) atoms. The fourth-order valence-corrected chi connectivity index (χ4v) is 4.37. The summed E-state index contributed by atoms with van der Waals surface area (Å²) in [7, 11) is 0. The Balaban J connectivity index is 2.00. The van der Waals surface area contributed by atoms with E-state index in [1.807, 2.05) is 0 Å². The second-order valence-corrected chi connectivity index (χ2v) is 8.35. The molecule has 126 valence electrons. The van der Waals surface area contributed by atoms with Crippen molar-refractivity contribution in [1.29, 1.82) is 0 Å². The highest BCUT2D eigenvalue weighted by Crippen LogP contribution is 2.32. The van der Waals surface area contributed by atoms with Crippen LogP contribution in [0.4, 0.5) is 0 Å². The van der Waals surface area contributed by atoms with Gasteiger partial charge in [-0.2, -0.15) is 0 Å². The number of nitrogens with zero attached hydrogens (tertiary/aromatic N) is 2. The molecule has 0 spiro atoms. The molecule has 2 fully saturated rings. The minimum Gasteiger partial charge on any atom is -0.285 e. The van der Waals surface area contributed by atoms with Crippen LogP contribution in [0.1, 0.15) is 80.1 Å². The van der Waals surface area contributed by atoms with Crippen molar-refractivity contribution in [3.05, 3.63) is 0 Å². The van der Waals surface area contributed by atoms with Gasteiger partial charge in [-0.15, -0.1) is 0 Å². The molecular formula is C20H36N2. The highest BCUT2D eigenvalue weighted by molar-refractivity contribution is 6.40. The van der Waals surface area contributed by atoms with Gasteiger partial charge in [0.1, 0.15) is 0 Å². The van der Waals surface area contributed by atoms with Crippen LogP contribution in [0.5, 0.6) is 0 Å². The van der Waals surface area contributed by atoms with Crippen LogP contribution < -0.4 is 0 Å². The van der Waals surface area contributed by atoms with E-state index >= 15 is 0 Å². The Morgan fingerprint density at radius 1 is 0.636 bits per heavy atom. The molecule has 6 unspecified atom stereocenters. The molecule has 2 saturated carbocycles. The monoisotopic (exact) mass is 304 g/mol. The van der Waals surface area contributed by atoms with Crippen molar-refractivity contribution >= 4 is 11.4 Å². The lowest BCUT2D eigenvalue weighted by atomic mass is 9.80. The SMILES string of the molecule is CC(=NC1CCC(C)CC1C)C(C)=NC1CCC(C)CC1C. The van der Waals surface area contributed by atoms with Crippen molar-refractivity contribution in [2.75, 3.05) is 0 Å². The van der Waals surface area contributed by atoms with Gasteiger partial charge < -0.3 is 0 Å². The van der Waals surface area contributed by atoms with Crippen molar-refractivity contribution in [2.24, 2.45) is 33.7 Å². The summed E-state index contributed by atoms with van der Waals surface area (Å²) in [6.07, 6.45) is 7.83. The van der Waals surface area contributed by atoms with Crippen molar-refractivity contribution in [1.82, 2.24) is 0 Å². The van der Waals surface area contributed by atoms with Crippen LogP contribution in [-0.2, 0) is 0 Å². The van der Waals surface area contributed by atoms with Crippen LogP contribution >= 0.6 is 0 Å². The maximum Gasteiger partial charge on any atom is 0.0529 e. The van der Waals surface area contributed by atoms with Gasteiger partial charge >= 0.3 is 0 Å². The predicted octanol–water partition coefficient (Wildman–Crippen LogP) is 5.56. The molecule has 0 saturated heterocycles. The summed E-state index contributed by atoms with van der Waals surface area (Å²) in [6.45, 7) is 13.8. The van der Waals surface area contributed by atoms with Gasteiger partial charge in [0.15, 0.2) is 0 Å². The Morgan fingerprint density at radius 2 is 1.00 bits per heavy atom. The first-order chi connectivity index (χ1) is 10.4. The maximum absolute atomic E-state index is 5.04. The minimum atomic E-state index is 0.519. The molecule has 0 N–H and O–H groups in total. The predicted molar refractivity (Wildman–Crippen MR) is 98.2 cm³/mol. The Kier molecular flexibility index (Phi) is 6.23. The molecule has 2 nitrogen and oxygen atoms in total. The maximum atomic E-state index is 5.04. The van der Waals surface area contributed by atoms with Crippen molar-refractivity contribution in [3.63, 3.8) is 0 Å². The zero-order valence-corrected chi connectivity index (χ0v) is 15.6. The van der Waals surface area contributed by atoms with E-state index < -0.39 is 0 Å². The molecule has 2 aliphatic carbocycles. The Bertz CT molecular complexity index is 383. The molecule has 2 rings (SSSR count). The van der Waals surface area contributed by atoms with Gasteiger partial charge in [-0.3, -0.25) is 9.98 Å². The van der Waals surface area contributed by atoms with E-state index in [0.717, 1.165) is 23.7 Å². The Hall–Kier alpha value is -0.660. The smallest absolute Gasteiger partial charge is 0.0529 e. The van der Waals surface area contributed by atoms with Gasteiger partial charge in [-0.05, 0) is 76.0 Å². The summed E-state index contributed by atoms with van der Waals surface area (Å²) in [5, 5.41) is 0. The lowest BCUT2D eigenvalue weighted by Gasteiger charge is -2.31. The van der Waals surface area contributed by atoms with Crippen LogP contribution in [-0.4, -0.2) is 23.5 Å². The third-order valence-electron chi connectivity index (χ3n) is 6.02. The first-order valence-corrected chi connectivity index (χ1v) is 9.46. The van der Waals surface area contributed by atoms with Crippen molar-refractivity contribution < 1.29 is 0 Å². The van der Waals surface area contributed by atoms with Crippen LogP contribution in [0, 0.1) is 23.7 Å². The van der Waals surface area contributed by atoms with E-state index in [1.165, 1.54) is 49.9 Å². The van der Waals surface area contributed by atoms with Gasteiger partial charge in [0.25, 0.3) is 0 Å². The lowest BCUT2D eigenvalue weighted by Crippen LogP contribution is -2.28. The van der Waals surface area contributed by atoms with Crippen molar-refractivity contribution in [3.8, 4) is 0 Å². The van der Waals surface area contributed by atoms with Crippen molar-refractivity contribution in [2.45, 2.75) is 92.2 Å². The van der Waals surface area contributed by atoms with E-state index in [-0.39, 0.29) is 0 Å². The molecule has 0 aromatic heterocycles. The summed E-state index contributed by atoms with van der Waals surface area (Å²) in [5.74, 6) is 3.20. The molecule has 0 radical (unpaired) electrons. The first-order valence-electron chi connectivity index (χ1n) is 9.46. The molecule has 0 heterocycles. The Labute approximate surface area is 137 Å². The molecule has 0 aliphatic heterocycles. The molecular weight excluding hydrogens is 268 g/mol. The topological polar surface area (TPSA) is 24.7 Å². The summed E-state index contributed by atoms with van der Waals surface area (Å²) >= 11 is 0. The van der Waals surface area contributed by atoms with Crippen LogP contribution in [0.15, 0.2) is 9.98 Å². The van der Waals surface area contributed by atoms with E-state index in [1.54, 1.807) is 0 Å².